The topological polar surface area (TPSA) is 90.9 Å². The van der Waals surface area contributed by atoms with Gasteiger partial charge in [0, 0.05) is 6.54 Å². The fraction of sp³-hybridized carbons (Fsp3) is 0.158. The molecular formula is C19H17N5O3. The Bertz CT molecular complexity index is 1280. The normalized spacial score (nSPS) is 11.1. The van der Waals surface area contributed by atoms with Crippen LogP contribution in [-0.2, 0) is 17.9 Å². The molecule has 4 rings (SSSR count). The molecule has 0 radical (unpaired) electrons. The molecule has 0 aliphatic heterocycles. The second-order valence-electron chi connectivity index (χ2n) is 6.07. The number of hydrogen-bond donors (Lipinski definition) is 1. The van der Waals surface area contributed by atoms with Crippen molar-refractivity contribution in [3.8, 4) is 0 Å². The van der Waals surface area contributed by atoms with Crippen LogP contribution in [-0.4, -0.2) is 24.7 Å². The summed E-state index contributed by atoms with van der Waals surface area (Å²) in [6.07, 6.45) is 1.26. The van der Waals surface area contributed by atoms with Crippen molar-refractivity contribution in [2.75, 3.05) is 5.43 Å². The van der Waals surface area contributed by atoms with E-state index >= 15 is 0 Å². The maximum atomic E-state index is 12.6. The first kappa shape index (κ1) is 16.8. The smallest absolute Gasteiger partial charge is 0.292 e. The van der Waals surface area contributed by atoms with E-state index in [1.807, 2.05) is 25.1 Å². The van der Waals surface area contributed by atoms with Crippen molar-refractivity contribution in [1.82, 2.24) is 18.8 Å². The number of carbonyl (C=O) groups excluding carboxylic acids is 1. The molecule has 0 saturated carbocycles. The number of aromatic nitrogens is 4. The van der Waals surface area contributed by atoms with Crippen molar-refractivity contribution >= 4 is 27.8 Å². The third-order valence-corrected chi connectivity index (χ3v) is 4.45. The minimum absolute atomic E-state index is 0.203. The van der Waals surface area contributed by atoms with Crippen molar-refractivity contribution in [3.63, 3.8) is 0 Å². The summed E-state index contributed by atoms with van der Waals surface area (Å²) in [4.78, 5) is 41.8. The van der Waals surface area contributed by atoms with Gasteiger partial charge in [0.15, 0.2) is 0 Å². The van der Waals surface area contributed by atoms with Crippen LogP contribution in [0.4, 0.5) is 0 Å². The van der Waals surface area contributed by atoms with E-state index in [9.17, 15) is 14.4 Å². The molecule has 0 atom stereocenters. The van der Waals surface area contributed by atoms with Gasteiger partial charge in [0.25, 0.3) is 11.5 Å². The van der Waals surface area contributed by atoms with Crippen LogP contribution in [0.1, 0.15) is 6.92 Å². The van der Waals surface area contributed by atoms with Gasteiger partial charge in [-0.2, -0.15) is 0 Å². The average molecular weight is 363 g/mol. The third kappa shape index (κ3) is 2.80. The maximum absolute atomic E-state index is 12.6. The highest BCUT2D eigenvalue weighted by Crippen LogP contribution is 2.12. The number of hydrogen-bond acceptors (Lipinski definition) is 4. The highest BCUT2D eigenvalue weighted by atomic mass is 16.2. The molecule has 0 unspecified atom stereocenters. The van der Waals surface area contributed by atoms with E-state index in [4.69, 9.17) is 0 Å². The molecule has 2 aromatic carbocycles. The summed E-state index contributed by atoms with van der Waals surface area (Å²) in [7, 11) is 0. The molecule has 1 amide bonds. The summed E-state index contributed by atoms with van der Waals surface area (Å²) in [6, 6.07) is 14.2. The number of carbonyl (C=O) groups is 1. The molecule has 8 heteroatoms. The molecule has 1 N–H and O–H groups in total. The summed E-state index contributed by atoms with van der Waals surface area (Å²) < 4.78 is 4.04. The van der Waals surface area contributed by atoms with Crippen LogP contribution in [0.25, 0.3) is 21.9 Å². The Kier molecular flexibility index (Phi) is 4.08. The fourth-order valence-electron chi connectivity index (χ4n) is 3.19. The Labute approximate surface area is 153 Å². The molecule has 0 aliphatic rings. The van der Waals surface area contributed by atoms with E-state index in [-0.39, 0.29) is 17.8 Å². The summed E-state index contributed by atoms with van der Waals surface area (Å²) in [6.45, 7) is 2.17. The number of benzene rings is 2. The van der Waals surface area contributed by atoms with Crippen LogP contribution in [0.5, 0.6) is 0 Å². The van der Waals surface area contributed by atoms with E-state index in [0.29, 0.717) is 23.0 Å². The summed E-state index contributed by atoms with van der Waals surface area (Å²) in [5.74, 6) is -0.490. The number of para-hydroxylation sites is 3. The van der Waals surface area contributed by atoms with Gasteiger partial charge in [0.05, 0.1) is 21.9 Å². The Balaban J connectivity index is 1.67. The lowest BCUT2D eigenvalue weighted by Crippen LogP contribution is -2.37. The molecule has 0 spiro atoms. The van der Waals surface area contributed by atoms with Crippen LogP contribution in [0.2, 0.25) is 0 Å². The van der Waals surface area contributed by atoms with Gasteiger partial charge in [-0.15, -0.1) is 0 Å². The van der Waals surface area contributed by atoms with Crippen molar-refractivity contribution < 1.29 is 4.79 Å². The van der Waals surface area contributed by atoms with Gasteiger partial charge < -0.3 is 0 Å². The molecule has 0 saturated heterocycles. The van der Waals surface area contributed by atoms with Crippen LogP contribution in [0, 0.1) is 0 Å². The Morgan fingerprint density at radius 1 is 1.00 bits per heavy atom. The van der Waals surface area contributed by atoms with Crippen LogP contribution < -0.4 is 16.7 Å². The number of nitrogens with zero attached hydrogens (tertiary/aromatic N) is 4. The predicted octanol–water partition coefficient (Wildman–Crippen LogP) is 1.30. The lowest BCUT2D eigenvalue weighted by Gasteiger charge is -2.09. The first-order valence-electron chi connectivity index (χ1n) is 8.54. The molecule has 8 nitrogen and oxygen atoms in total. The van der Waals surface area contributed by atoms with Gasteiger partial charge in [-0.3, -0.25) is 24.1 Å². The molecule has 0 fully saturated rings. The van der Waals surface area contributed by atoms with E-state index in [1.165, 1.54) is 10.9 Å². The number of nitrogens with one attached hydrogen (secondary N) is 1. The van der Waals surface area contributed by atoms with Gasteiger partial charge in [-0.25, -0.2) is 14.5 Å². The highest BCUT2D eigenvalue weighted by Gasteiger charge is 2.15. The van der Waals surface area contributed by atoms with Crippen LogP contribution >= 0.6 is 0 Å². The lowest BCUT2D eigenvalue weighted by molar-refractivity contribution is -0.117. The minimum atomic E-state index is -0.490. The monoisotopic (exact) mass is 363 g/mol. The van der Waals surface area contributed by atoms with Gasteiger partial charge in [0.1, 0.15) is 12.9 Å². The summed E-state index contributed by atoms with van der Waals surface area (Å²) >= 11 is 0. The molecule has 0 bridgehead atoms. The summed E-state index contributed by atoms with van der Waals surface area (Å²) in [5.41, 5.74) is 3.85. The lowest BCUT2D eigenvalue weighted by atomic mass is 10.2. The van der Waals surface area contributed by atoms with Gasteiger partial charge in [0.2, 0.25) is 0 Å². The summed E-state index contributed by atoms with van der Waals surface area (Å²) in [5, 5.41) is 0.403. The number of imidazole rings is 1. The van der Waals surface area contributed by atoms with Crippen molar-refractivity contribution in [3.05, 3.63) is 75.7 Å². The van der Waals surface area contributed by atoms with E-state index in [2.05, 4.69) is 10.4 Å². The first-order valence-corrected chi connectivity index (χ1v) is 8.54. The quantitative estimate of drug-likeness (QED) is 0.592. The second kappa shape index (κ2) is 6.56. The fourth-order valence-corrected chi connectivity index (χ4v) is 3.19. The maximum Gasteiger partial charge on any atom is 0.329 e. The zero-order chi connectivity index (χ0) is 19.0. The first-order chi connectivity index (χ1) is 13.1. The van der Waals surface area contributed by atoms with E-state index in [0.717, 1.165) is 10.2 Å². The van der Waals surface area contributed by atoms with Crippen molar-refractivity contribution in [2.24, 2.45) is 0 Å². The number of amides is 1. The van der Waals surface area contributed by atoms with Gasteiger partial charge >= 0.3 is 5.69 Å². The van der Waals surface area contributed by atoms with E-state index < -0.39 is 5.91 Å². The molecule has 2 aromatic heterocycles. The number of fused-ring (bicyclic) bond motifs is 2. The molecule has 136 valence electrons. The molecular weight excluding hydrogens is 346 g/mol. The standard InChI is InChI=1S/C19H17N5O3/c1-2-22-15-9-5-6-10-16(15)23(19(22)27)11-17(25)21-24-12-20-14-8-4-3-7-13(14)18(24)26/h3-10,12H,2,11H2,1H3,(H,21,25). The zero-order valence-corrected chi connectivity index (χ0v) is 14.6. The second-order valence-corrected chi connectivity index (χ2v) is 6.07. The van der Waals surface area contributed by atoms with Crippen molar-refractivity contribution in [1.29, 1.82) is 0 Å². The SMILES string of the molecule is CCn1c(=O)n(CC(=O)Nn2cnc3ccccc3c2=O)c2ccccc21. The van der Waals surface area contributed by atoms with Gasteiger partial charge in [-0.1, -0.05) is 24.3 Å². The van der Waals surface area contributed by atoms with E-state index in [1.54, 1.807) is 34.9 Å². The van der Waals surface area contributed by atoms with Crippen molar-refractivity contribution in [2.45, 2.75) is 20.0 Å². The number of aryl methyl sites for hydroxylation is 1. The Morgan fingerprint density at radius 2 is 1.67 bits per heavy atom. The molecule has 2 heterocycles. The number of rotatable bonds is 4. The largest absolute Gasteiger partial charge is 0.329 e. The average Bonchev–Trinajstić information content (AvgIpc) is 2.95. The zero-order valence-electron chi connectivity index (χ0n) is 14.6. The molecule has 4 aromatic rings. The molecule has 0 aliphatic carbocycles. The van der Waals surface area contributed by atoms with Gasteiger partial charge in [-0.05, 0) is 31.2 Å². The highest BCUT2D eigenvalue weighted by molar-refractivity contribution is 5.86. The Hall–Kier alpha value is -3.68. The molecule has 27 heavy (non-hydrogen) atoms. The third-order valence-electron chi connectivity index (χ3n) is 4.45. The minimum Gasteiger partial charge on any atom is -0.292 e. The Morgan fingerprint density at radius 3 is 2.41 bits per heavy atom. The van der Waals surface area contributed by atoms with Crippen LogP contribution in [0.15, 0.2) is 64.4 Å². The van der Waals surface area contributed by atoms with Crippen LogP contribution in [0.3, 0.4) is 0 Å². The predicted molar refractivity (Wildman–Crippen MR) is 102 cm³/mol.